The van der Waals surface area contributed by atoms with Crippen molar-refractivity contribution < 1.29 is 4.52 Å². The maximum Gasteiger partial charge on any atom is 0.257 e. The average molecular weight is 236 g/mol. The van der Waals surface area contributed by atoms with E-state index in [2.05, 4.69) is 15.5 Å². The molecule has 1 N–H and O–H groups in total. The fraction of sp³-hybridized carbons (Fsp3) is 0.273. The molecule has 82 valence electrons. The van der Waals surface area contributed by atoms with Crippen molar-refractivity contribution in [3.05, 3.63) is 35.1 Å². The number of hydrogen-bond acceptors (Lipinski definition) is 4. The second kappa shape index (κ2) is 3.88. The number of nitrogens with one attached hydrogen (secondary N) is 1. The Labute approximate surface area is 97.6 Å². The third-order valence-electron chi connectivity index (χ3n) is 2.68. The van der Waals surface area contributed by atoms with E-state index >= 15 is 0 Å². The molecule has 1 saturated heterocycles. The van der Waals surface area contributed by atoms with Crippen molar-refractivity contribution in [2.75, 3.05) is 13.1 Å². The first-order chi connectivity index (χ1) is 7.83. The molecular formula is C11H10ClN3O. The first kappa shape index (κ1) is 9.81. The minimum atomic E-state index is 0.393. The normalized spacial score (nSPS) is 16.1. The lowest BCUT2D eigenvalue weighted by molar-refractivity contribution is 0.382. The van der Waals surface area contributed by atoms with Crippen molar-refractivity contribution in [1.82, 2.24) is 15.5 Å². The molecule has 3 rings (SSSR count). The zero-order chi connectivity index (χ0) is 11.0. The zero-order valence-electron chi connectivity index (χ0n) is 8.48. The van der Waals surface area contributed by atoms with Crippen LogP contribution in [0.5, 0.6) is 0 Å². The molecule has 1 fully saturated rings. The highest BCUT2D eigenvalue weighted by Crippen LogP contribution is 2.23. The summed E-state index contributed by atoms with van der Waals surface area (Å²) in [5.41, 5.74) is 0.899. The highest BCUT2D eigenvalue weighted by atomic mass is 35.5. The van der Waals surface area contributed by atoms with E-state index in [4.69, 9.17) is 16.1 Å². The second-order valence-electron chi connectivity index (χ2n) is 3.82. The minimum Gasteiger partial charge on any atom is -0.334 e. The van der Waals surface area contributed by atoms with Crippen LogP contribution in [-0.4, -0.2) is 23.2 Å². The van der Waals surface area contributed by atoms with Crippen molar-refractivity contribution in [1.29, 1.82) is 0 Å². The first-order valence-electron chi connectivity index (χ1n) is 5.13. The van der Waals surface area contributed by atoms with Gasteiger partial charge in [-0.25, -0.2) is 0 Å². The fourth-order valence-electron chi connectivity index (χ4n) is 1.58. The van der Waals surface area contributed by atoms with Gasteiger partial charge in [0.2, 0.25) is 0 Å². The average Bonchev–Trinajstić information content (AvgIpc) is 2.65. The molecule has 1 aromatic carbocycles. The molecule has 0 amide bonds. The van der Waals surface area contributed by atoms with Gasteiger partial charge in [-0.2, -0.15) is 4.98 Å². The number of rotatable bonds is 2. The number of benzene rings is 1. The van der Waals surface area contributed by atoms with E-state index in [1.165, 1.54) is 0 Å². The van der Waals surface area contributed by atoms with Gasteiger partial charge >= 0.3 is 0 Å². The van der Waals surface area contributed by atoms with Crippen LogP contribution < -0.4 is 5.32 Å². The van der Waals surface area contributed by atoms with Gasteiger partial charge in [0.1, 0.15) is 0 Å². The Kier molecular flexibility index (Phi) is 2.38. The van der Waals surface area contributed by atoms with Crippen molar-refractivity contribution in [2.24, 2.45) is 0 Å². The molecule has 5 heteroatoms. The summed E-state index contributed by atoms with van der Waals surface area (Å²) in [5, 5.41) is 7.86. The molecule has 4 nitrogen and oxygen atoms in total. The Hall–Kier alpha value is -1.39. The lowest BCUT2D eigenvalue weighted by atomic mass is 10.0. The van der Waals surface area contributed by atoms with Crippen molar-refractivity contribution in [3.63, 3.8) is 0 Å². The summed E-state index contributed by atoms with van der Waals surface area (Å²) in [6.07, 6.45) is 0. The third kappa shape index (κ3) is 1.70. The smallest absolute Gasteiger partial charge is 0.257 e. The van der Waals surface area contributed by atoms with E-state index in [0.717, 1.165) is 24.5 Å². The van der Waals surface area contributed by atoms with E-state index in [-0.39, 0.29) is 0 Å². The quantitative estimate of drug-likeness (QED) is 0.866. The molecule has 0 atom stereocenters. The molecule has 0 bridgehead atoms. The van der Waals surface area contributed by atoms with Gasteiger partial charge in [0.15, 0.2) is 5.82 Å². The van der Waals surface area contributed by atoms with Crippen molar-refractivity contribution >= 4 is 11.6 Å². The Bertz CT molecular complexity index is 490. The van der Waals surface area contributed by atoms with E-state index in [0.29, 0.717) is 16.8 Å². The maximum atomic E-state index is 5.81. The molecule has 2 aromatic rings. The Morgan fingerprint density at radius 1 is 1.25 bits per heavy atom. The maximum absolute atomic E-state index is 5.81. The molecule has 1 aliphatic heterocycles. The topological polar surface area (TPSA) is 51.0 Å². The van der Waals surface area contributed by atoms with Crippen LogP contribution >= 0.6 is 11.6 Å². The summed E-state index contributed by atoms with van der Waals surface area (Å²) >= 11 is 5.81. The number of hydrogen-bond donors (Lipinski definition) is 1. The summed E-state index contributed by atoms with van der Waals surface area (Å²) in [5.74, 6) is 1.73. The highest BCUT2D eigenvalue weighted by molar-refractivity contribution is 6.30. The SMILES string of the molecule is Clc1ccc(-c2nc(C3CNC3)no2)cc1. The van der Waals surface area contributed by atoms with Crippen LogP contribution in [0.25, 0.3) is 11.5 Å². The minimum absolute atomic E-state index is 0.393. The molecule has 16 heavy (non-hydrogen) atoms. The Morgan fingerprint density at radius 2 is 2.00 bits per heavy atom. The van der Waals surface area contributed by atoms with Crippen LogP contribution in [0.4, 0.5) is 0 Å². The van der Waals surface area contributed by atoms with Gasteiger partial charge in [0.25, 0.3) is 5.89 Å². The van der Waals surface area contributed by atoms with Gasteiger partial charge in [-0.05, 0) is 24.3 Å². The van der Waals surface area contributed by atoms with E-state index in [1.807, 2.05) is 24.3 Å². The molecule has 0 aliphatic carbocycles. The molecule has 0 saturated carbocycles. The molecule has 0 radical (unpaired) electrons. The van der Waals surface area contributed by atoms with Gasteiger partial charge in [-0.3, -0.25) is 0 Å². The van der Waals surface area contributed by atoms with Gasteiger partial charge < -0.3 is 9.84 Å². The Balaban J connectivity index is 1.88. The summed E-state index contributed by atoms with van der Waals surface area (Å²) < 4.78 is 5.22. The van der Waals surface area contributed by atoms with Crippen LogP contribution in [0.1, 0.15) is 11.7 Å². The largest absolute Gasteiger partial charge is 0.334 e. The van der Waals surface area contributed by atoms with Gasteiger partial charge in [0, 0.05) is 29.6 Å². The van der Waals surface area contributed by atoms with E-state index in [9.17, 15) is 0 Å². The van der Waals surface area contributed by atoms with Crippen molar-refractivity contribution in [2.45, 2.75) is 5.92 Å². The molecule has 1 aromatic heterocycles. The lowest BCUT2D eigenvalue weighted by Gasteiger charge is -2.23. The van der Waals surface area contributed by atoms with E-state index in [1.54, 1.807) is 0 Å². The van der Waals surface area contributed by atoms with Crippen LogP contribution in [-0.2, 0) is 0 Å². The predicted octanol–water partition coefficient (Wildman–Crippen LogP) is 2.08. The molecule has 0 unspecified atom stereocenters. The standard InChI is InChI=1S/C11H10ClN3O/c12-9-3-1-7(2-4-9)11-14-10(15-16-11)8-5-13-6-8/h1-4,8,13H,5-6H2. The molecule has 1 aliphatic rings. The summed E-state index contributed by atoms with van der Waals surface area (Å²) in [4.78, 5) is 4.37. The van der Waals surface area contributed by atoms with Crippen LogP contribution in [0, 0.1) is 0 Å². The first-order valence-corrected chi connectivity index (χ1v) is 5.51. The zero-order valence-corrected chi connectivity index (χ0v) is 9.24. The van der Waals surface area contributed by atoms with Gasteiger partial charge in [0.05, 0.1) is 0 Å². The predicted molar refractivity (Wildman–Crippen MR) is 60.4 cm³/mol. The number of aromatic nitrogens is 2. The highest BCUT2D eigenvalue weighted by Gasteiger charge is 2.24. The number of nitrogens with zero attached hydrogens (tertiary/aromatic N) is 2. The monoisotopic (exact) mass is 235 g/mol. The van der Waals surface area contributed by atoms with Crippen LogP contribution in [0.15, 0.2) is 28.8 Å². The number of halogens is 1. The summed E-state index contributed by atoms with van der Waals surface area (Å²) in [7, 11) is 0. The Morgan fingerprint density at radius 3 is 2.62 bits per heavy atom. The van der Waals surface area contributed by atoms with Crippen molar-refractivity contribution in [3.8, 4) is 11.5 Å². The van der Waals surface area contributed by atoms with Crippen LogP contribution in [0.3, 0.4) is 0 Å². The van der Waals surface area contributed by atoms with Gasteiger partial charge in [-0.1, -0.05) is 16.8 Å². The fourth-order valence-corrected chi connectivity index (χ4v) is 1.71. The second-order valence-corrected chi connectivity index (χ2v) is 4.26. The molecule has 0 spiro atoms. The summed E-state index contributed by atoms with van der Waals surface area (Å²) in [6, 6.07) is 7.37. The van der Waals surface area contributed by atoms with Gasteiger partial charge in [-0.15, -0.1) is 0 Å². The third-order valence-corrected chi connectivity index (χ3v) is 2.93. The molecular weight excluding hydrogens is 226 g/mol. The van der Waals surface area contributed by atoms with E-state index < -0.39 is 0 Å². The molecule has 2 heterocycles. The van der Waals surface area contributed by atoms with Crippen LogP contribution in [0.2, 0.25) is 5.02 Å². The lowest BCUT2D eigenvalue weighted by Crippen LogP contribution is -2.40. The summed E-state index contributed by atoms with van der Waals surface area (Å²) in [6.45, 7) is 1.86.